The summed E-state index contributed by atoms with van der Waals surface area (Å²) in [5.74, 6) is -0.320. The average molecular weight is 267 g/mol. The number of halogens is 1. The van der Waals surface area contributed by atoms with Crippen LogP contribution < -0.4 is 5.32 Å². The first kappa shape index (κ1) is 12.4. The number of anilines is 1. The molecule has 0 aliphatic rings. The Balaban J connectivity index is 2.09. The Morgan fingerprint density at radius 2 is 2.39 bits per heavy atom. The average Bonchev–Trinajstić information content (AvgIpc) is 2.85. The lowest BCUT2D eigenvalue weighted by atomic mass is 10.2. The minimum Gasteiger partial charge on any atom is -0.463 e. The summed E-state index contributed by atoms with van der Waals surface area (Å²) in [7, 11) is 1.31. The van der Waals surface area contributed by atoms with Crippen LogP contribution in [0.3, 0.4) is 0 Å². The zero-order chi connectivity index (χ0) is 13.0. The second kappa shape index (κ2) is 5.55. The van der Waals surface area contributed by atoms with Crippen molar-refractivity contribution in [2.45, 2.75) is 6.54 Å². The van der Waals surface area contributed by atoms with Crippen LogP contribution in [0.5, 0.6) is 0 Å². The molecule has 2 aromatic rings. The summed E-state index contributed by atoms with van der Waals surface area (Å²) in [6.07, 6.45) is 3.04. The molecule has 2 rings (SSSR count). The molecular formula is C12H11ClN2O3. The summed E-state index contributed by atoms with van der Waals surface area (Å²) < 4.78 is 9.68. The summed E-state index contributed by atoms with van der Waals surface area (Å²) in [5.41, 5.74) is 1.39. The fraction of sp³-hybridized carbons (Fsp3) is 0.167. The van der Waals surface area contributed by atoms with Gasteiger partial charge in [0.1, 0.15) is 0 Å². The molecule has 0 fully saturated rings. The Morgan fingerprint density at radius 3 is 3.11 bits per heavy atom. The Labute approximate surface area is 109 Å². The van der Waals surface area contributed by atoms with Crippen molar-refractivity contribution < 1.29 is 13.9 Å². The summed E-state index contributed by atoms with van der Waals surface area (Å²) in [4.78, 5) is 15.3. The van der Waals surface area contributed by atoms with Crippen molar-refractivity contribution >= 4 is 23.3 Å². The van der Waals surface area contributed by atoms with Gasteiger partial charge >= 0.3 is 5.97 Å². The highest BCUT2D eigenvalue weighted by molar-refractivity contribution is 6.31. The number of esters is 1. The predicted molar refractivity (Wildman–Crippen MR) is 66.6 cm³/mol. The lowest BCUT2D eigenvalue weighted by molar-refractivity contribution is 0.0563. The second-order valence-electron chi connectivity index (χ2n) is 3.46. The molecule has 5 nitrogen and oxygen atoms in total. The molecular weight excluding hydrogens is 256 g/mol. The van der Waals surface area contributed by atoms with Crippen LogP contribution in [0.4, 0.5) is 5.69 Å². The molecule has 0 saturated carbocycles. The minimum atomic E-state index is -0.505. The van der Waals surface area contributed by atoms with E-state index in [9.17, 15) is 4.79 Å². The lowest BCUT2D eigenvalue weighted by Gasteiger charge is -2.06. The zero-order valence-electron chi connectivity index (χ0n) is 9.64. The first-order chi connectivity index (χ1) is 8.72. The van der Waals surface area contributed by atoms with E-state index in [1.807, 2.05) is 0 Å². The van der Waals surface area contributed by atoms with E-state index < -0.39 is 5.97 Å². The van der Waals surface area contributed by atoms with E-state index >= 15 is 0 Å². The number of rotatable bonds is 4. The number of pyridine rings is 1. The summed E-state index contributed by atoms with van der Waals surface area (Å²) >= 11 is 5.91. The number of nitrogens with one attached hydrogen (secondary N) is 1. The fourth-order valence-electron chi connectivity index (χ4n) is 1.46. The minimum absolute atomic E-state index is 0.185. The summed E-state index contributed by atoms with van der Waals surface area (Å²) in [6.45, 7) is 0.395. The molecule has 0 aromatic carbocycles. The van der Waals surface area contributed by atoms with Gasteiger partial charge in [0.15, 0.2) is 5.15 Å². The van der Waals surface area contributed by atoms with Gasteiger partial charge in [-0.15, -0.1) is 0 Å². The maximum Gasteiger partial charge on any atom is 0.374 e. The Bertz CT molecular complexity index is 554. The highest BCUT2D eigenvalue weighted by Crippen LogP contribution is 2.20. The monoisotopic (exact) mass is 266 g/mol. The molecule has 0 aliphatic heterocycles. The molecule has 2 aromatic heterocycles. The standard InChI is InChI=1S/C12H11ClN2O3/c1-17-12(16)10-8(4-6-18-10)7-15-9-3-2-5-14-11(9)13/h2-6,15H,7H2,1H3. The summed E-state index contributed by atoms with van der Waals surface area (Å²) in [6, 6.07) is 5.27. The van der Waals surface area contributed by atoms with Crippen molar-refractivity contribution in [2.24, 2.45) is 0 Å². The van der Waals surface area contributed by atoms with Gasteiger partial charge in [0.2, 0.25) is 5.76 Å². The number of hydrogen-bond acceptors (Lipinski definition) is 5. The highest BCUT2D eigenvalue weighted by Gasteiger charge is 2.15. The lowest BCUT2D eigenvalue weighted by Crippen LogP contribution is -2.07. The van der Waals surface area contributed by atoms with Gasteiger partial charge in [0.25, 0.3) is 0 Å². The van der Waals surface area contributed by atoms with Crippen molar-refractivity contribution in [2.75, 3.05) is 12.4 Å². The highest BCUT2D eigenvalue weighted by atomic mass is 35.5. The largest absolute Gasteiger partial charge is 0.463 e. The van der Waals surface area contributed by atoms with Crippen LogP contribution in [0.15, 0.2) is 35.1 Å². The SMILES string of the molecule is COC(=O)c1occc1CNc1cccnc1Cl. The number of carbonyl (C=O) groups excluding carboxylic acids is 1. The summed E-state index contributed by atoms with van der Waals surface area (Å²) in [5, 5.41) is 3.45. The zero-order valence-corrected chi connectivity index (χ0v) is 10.4. The van der Waals surface area contributed by atoms with Crippen molar-refractivity contribution in [3.8, 4) is 0 Å². The van der Waals surface area contributed by atoms with Crippen LogP contribution in [0, 0.1) is 0 Å². The van der Waals surface area contributed by atoms with Crippen LogP contribution in [-0.4, -0.2) is 18.1 Å². The van der Waals surface area contributed by atoms with Gasteiger partial charge in [0.05, 0.1) is 19.1 Å². The Morgan fingerprint density at radius 1 is 1.56 bits per heavy atom. The molecule has 94 valence electrons. The van der Waals surface area contributed by atoms with Gasteiger partial charge in [-0.1, -0.05) is 11.6 Å². The second-order valence-corrected chi connectivity index (χ2v) is 3.82. The molecule has 0 amide bonds. The van der Waals surface area contributed by atoms with Gasteiger partial charge < -0.3 is 14.5 Å². The molecule has 18 heavy (non-hydrogen) atoms. The first-order valence-corrected chi connectivity index (χ1v) is 5.59. The number of aromatic nitrogens is 1. The molecule has 0 radical (unpaired) electrons. The first-order valence-electron chi connectivity index (χ1n) is 5.21. The van der Waals surface area contributed by atoms with Crippen molar-refractivity contribution in [1.29, 1.82) is 0 Å². The molecule has 2 heterocycles. The van der Waals surface area contributed by atoms with Crippen LogP contribution in [0.1, 0.15) is 16.1 Å². The van der Waals surface area contributed by atoms with E-state index in [0.717, 1.165) is 0 Å². The molecule has 0 spiro atoms. The molecule has 0 aliphatic carbocycles. The molecule has 0 saturated heterocycles. The van der Waals surface area contributed by atoms with Gasteiger partial charge in [-0.3, -0.25) is 0 Å². The molecule has 0 unspecified atom stereocenters. The Hall–Kier alpha value is -2.01. The van der Waals surface area contributed by atoms with E-state index in [0.29, 0.717) is 22.9 Å². The van der Waals surface area contributed by atoms with Gasteiger partial charge in [0, 0.05) is 18.3 Å². The van der Waals surface area contributed by atoms with Gasteiger partial charge in [-0.05, 0) is 18.2 Å². The number of hydrogen-bond donors (Lipinski definition) is 1. The third kappa shape index (κ3) is 2.62. The maximum absolute atomic E-state index is 11.4. The number of nitrogens with zero attached hydrogens (tertiary/aromatic N) is 1. The van der Waals surface area contributed by atoms with Crippen LogP contribution in [0.2, 0.25) is 5.15 Å². The number of ether oxygens (including phenoxy) is 1. The molecule has 0 atom stereocenters. The fourth-order valence-corrected chi connectivity index (χ4v) is 1.64. The topological polar surface area (TPSA) is 64.4 Å². The van der Waals surface area contributed by atoms with E-state index in [1.165, 1.54) is 13.4 Å². The van der Waals surface area contributed by atoms with Crippen LogP contribution in [0.25, 0.3) is 0 Å². The van der Waals surface area contributed by atoms with E-state index in [2.05, 4.69) is 15.0 Å². The number of furan rings is 1. The predicted octanol–water partition coefficient (Wildman–Crippen LogP) is 2.73. The quantitative estimate of drug-likeness (QED) is 0.681. The van der Waals surface area contributed by atoms with Gasteiger partial charge in [-0.2, -0.15) is 0 Å². The number of carbonyl (C=O) groups is 1. The Kier molecular flexibility index (Phi) is 3.84. The van der Waals surface area contributed by atoms with Crippen LogP contribution >= 0.6 is 11.6 Å². The maximum atomic E-state index is 11.4. The molecule has 6 heteroatoms. The van der Waals surface area contributed by atoms with Crippen molar-refractivity contribution in [3.05, 3.63) is 47.1 Å². The molecule has 1 N–H and O–H groups in total. The smallest absolute Gasteiger partial charge is 0.374 e. The van der Waals surface area contributed by atoms with Crippen molar-refractivity contribution in [3.63, 3.8) is 0 Å². The number of methoxy groups -OCH3 is 1. The third-order valence-corrected chi connectivity index (χ3v) is 2.65. The van der Waals surface area contributed by atoms with Crippen LogP contribution in [-0.2, 0) is 11.3 Å². The molecule has 0 bridgehead atoms. The van der Waals surface area contributed by atoms with Crippen molar-refractivity contribution in [1.82, 2.24) is 4.98 Å². The van der Waals surface area contributed by atoms with E-state index in [-0.39, 0.29) is 5.76 Å². The van der Waals surface area contributed by atoms with Gasteiger partial charge in [-0.25, -0.2) is 9.78 Å². The third-order valence-electron chi connectivity index (χ3n) is 2.35. The van der Waals surface area contributed by atoms with E-state index in [4.69, 9.17) is 16.0 Å². The normalized spacial score (nSPS) is 10.1. The van der Waals surface area contributed by atoms with E-state index in [1.54, 1.807) is 24.4 Å².